The summed E-state index contributed by atoms with van der Waals surface area (Å²) in [5.41, 5.74) is 0.873. The first-order valence-electron chi connectivity index (χ1n) is 13.8. The van der Waals surface area contributed by atoms with Gasteiger partial charge in [0.25, 0.3) is 0 Å². The Bertz CT molecular complexity index is 1310. The molecule has 2 aromatic rings. The average molecular weight is 633 g/mol. The number of hydrogen-bond donors (Lipinski definition) is 8. The molecule has 0 spiro atoms. The van der Waals surface area contributed by atoms with Gasteiger partial charge in [-0.05, 0) is 18.6 Å². The number of fused-ring (bicyclic) bond motifs is 1. The molecule has 0 radical (unpaired) electrons. The maximum absolute atomic E-state index is 13.1. The van der Waals surface area contributed by atoms with E-state index >= 15 is 0 Å². The SMILES string of the molecule is CN(C)c1cccc2c(S(=O)(=O)NCCCO[C@@H]3O[C@H](CO)[C@@H](O[C@@H]4O[C@@H](CO)[C@@H](O)[C@@H](O)[C@@H]4O)[C@H](O)[C@H]3O)cccc12. The molecule has 0 aliphatic carbocycles. The molecule has 4 rings (SSSR count). The van der Waals surface area contributed by atoms with E-state index in [9.17, 15) is 44.2 Å². The highest BCUT2D eigenvalue weighted by Crippen LogP contribution is 2.31. The molecule has 15 nitrogen and oxygen atoms in total. The number of anilines is 1. The van der Waals surface area contributed by atoms with Crippen LogP contribution in [-0.2, 0) is 29.0 Å². The first kappa shape index (κ1) is 33.9. The van der Waals surface area contributed by atoms with Gasteiger partial charge in [0.05, 0.1) is 24.7 Å². The van der Waals surface area contributed by atoms with Gasteiger partial charge in [-0.3, -0.25) is 0 Å². The number of nitrogens with one attached hydrogen (secondary N) is 1. The first-order valence-corrected chi connectivity index (χ1v) is 15.3. The number of sulfonamides is 1. The Morgan fingerprint density at radius 3 is 2.12 bits per heavy atom. The molecule has 16 heteroatoms. The minimum Gasteiger partial charge on any atom is -0.394 e. The molecule has 0 unspecified atom stereocenters. The van der Waals surface area contributed by atoms with Crippen LogP contribution in [0, 0.1) is 0 Å². The van der Waals surface area contributed by atoms with Crippen LogP contribution in [0.25, 0.3) is 10.8 Å². The Balaban J connectivity index is 1.32. The van der Waals surface area contributed by atoms with Crippen LogP contribution in [0.5, 0.6) is 0 Å². The van der Waals surface area contributed by atoms with Crippen LogP contribution in [0.3, 0.4) is 0 Å². The Morgan fingerprint density at radius 2 is 1.44 bits per heavy atom. The maximum atomic E-state index is 13.1. The number of hydrogen-bond acceptors (Lipinski definition) is 14. The molecule has 0 aromatic heterocycles. The third kappa shape index (κ3) is 7.28. The van der Waals surface area contributed by atoms with E-state index in [2.05, 4.69) is 4.72 Å². The van der Waals surface area contributed by atoms with Gasteiger partial charge in [-0.15, -0.1) is 0 Å². The van der Waals surface area contributed by atoms with E-state index < -0.39 is 84.6 Å². The lowest BCUT2D eigenvalue weighted by Gasteiger charge is -2.45. The Hall–Kier alpha value is -2.03. The zero-order valence-electron chi connectivity index (χ0n) is 23.7. The largest absolute Gasteiger partial charge is 0.394 e. The van der Waals surface area contributed by atoms with Crippen molar-refractivity contribution < 1.29 is 63.1 Å². The molecule has 0 saturated carbocycles. The summed E-state index contributed by atoms with van der Waals surface area (Å²) in [5.74, 6) is 0. The number of ether oxygens (including phenoxy) is 4. The van der Waals surface area contributed by atoms with Gasteiger partial charge in [-0.1, -0.05) is 24.3 Å². The highest BCUT2D eigenvalue weighted by Gasteiger charge is 2.50. The third-order valence-electron chi connectivity index (χ3n) is 7.49. The summed E-state index contributed by atoms with van der Waals surface area (Å²) in [7, 11) is -0.139. The molecule has 2 saturated heterocycles. The fourth-order valence-corrected chi connectivity index (χ4v) is 6.43. The molecule has 0 bridgehead atoms. The van der Waals surface area contributed by atoms with Gasteiger partial charge in [0, 0.05) is 37.1 Å². The van der Waals surface area contributed by atoms with Gasteiger partial charge < -0.3 is 59.6 Å². The topological polar surface area (TPSA) is 228 Å². The van der Waals surface area contributed by atoms with Crippen LogP contribution in [0.15, 0.2) is 41.3 Å². The number of rotatable bonds is 12. The minimum atomic E-state index is -3.88. The van der Waals surface area contributed by atoms with Crippen molar-refractivity contribution in [1.29, 1.82) is 0 Å². The van der Waals surface area contributed by atoms with Crippen LogP contribution in [-0.4, -0.2) is 146 Å². The highest BCUT2D eigenvalue weighted by atomic mass is 32.2. The maximum Gasteiger partial charge on any atom is 0.241 e. The summed E-state index contributed by atoms with van der Waals surface area (Å²) in [4.78, 5) is 2.02. The second-order valence-electron chi connectivity index (χ2n) is 10.6. The molecule has 2 aromatic carbocycles. The van der Waals surface area contributed by atoms with Crippen LogP contribution in [0.2, 0.25) is 0 Å². The van der Waals surface area contributed by atoms with Crippen molar-refractivity contribution in [3.8, 4) is 0 Å². The molecule has 2 heterocycles. The Labute approximate surface area is 248 Å². The van der Waals surface area contributed by atoms with Gasteiger partial charge in [-0.25, -0.2) is 13.1 Å². The number of nitrogens with zero attached hydrogens (tertiary/aromatic N) is 1. The van der Waals surface area contributed by atoms with Gasteiger partial charge in [0.2, 0.25) is 10.0 Å². The molecule has 242 valence electrons. The van der Waals surface area contributed by atoms with E-state index in [0.29, 0.717) is 5.39 Å². The van der Waals surface area contributed by atoms with Crippen LogP contribution in [0.4, 0.5) is 5.69 Å². The standard InChI is InChI=1S/C27H40N2O13S/c1-29(2)16-8-3-7-15-14(16)6-4-9-19(15)43(37,38)28-10-5-11-39-26-24(36)22(34)25(18(13-31)41-26)42-27-23(35)21(33)20(32)17(12-30)40-27/h3-4,6-9,17-18,20-28,30-36H,5,10-13H2,1-2H3/t17-,18+,20+,21+,22+,23-,24+,25+,26+,27-/m0/s1. The van der Waals surface area contributed by atoms with E-state index in [4.69, 9.17) is 18.9 Å². The summed E-state index contributed by atoms with van der Waals surface area (Å²) in [6, 6.07) is 10.5. The lowest BCUT2D eigenvalue weighted by atomic mass is 9.97. The number of benzene rings is 2. The first-order chi connectivity index (χ1) is 20.4. The molecule has 2 aliphatic rings. The smallest absolute Gasteiger partial charge is 0.241 e. The molecule has 8 N–H and O–H groups in total. The van der Waals surface area contributed by atoms with E-state index in [0.717, 1.165) is 11.1 Å². The summed E-state index contributed by atoms with van der Waals surface area (Å²) in [6.45, 7) is -1.50. The second kappa shape index (κ2) is 14.4. The summed E-state index contributed by atoms with van der Waals surface area (Å²) < 4.78 is 50.6. The predicted octanol–water partition coefficient (Wildman–Crippen LogP) is -2.79. The zero-order chi connectivity index (χ0) is 31.5. The lowest BCUT2D eigenvalue weighted by molar-refractivity contribution is -0.359. The molecular formula is C27H40N2O13S. The van der Waals surface area contributed by atoms with Crippen molar-refractivity contribution in [3.05, 3.63) is 36.4 Å². The molecule has 43 heavy (non-hydrogen) atoms. The van der Waals surface area contributed by atoms with Gasteiger partial charge in [0.15, 0.2) is 12.6 Å². The van der Waals surface area contributed by atoms with Gasteiger partial charge in [0.1, 0.15) is 48.8 Å². The lowest BCUT2D eigenvalue weighted by Crippen LogP contribution is -2.64. The molecule has 2 fully saturated rings. The third-order valence-corrected chi connectivity index (χ3v) is 9.01. The molecule has 10 atom stereocenters. The quantitative estimate of drug-likeness (QED) is 0.111. The minimum absolute atomic E-state index is 0.0102. The number of aliphatic hydroxyl groups is 7. The normalized spacial score (nSPS) is 33.5. The van der Waals surface area contributed by atoms with Gasteiger partial charge >= 0.3 is 0 Å². The summed E-state index contributed by atoms with van der Waals surface area (Å²) in [5, 5.41) is 72.0. The fourth-order valence-electron chi connectivity index (χ4n) is 5.14. The van der Waals surface area contributed by atoms with E-state index in [1.807, 2.05) is 31.1 Å². The van der Waals surface area contributed by atoms with Crippen molar-refractivity contribution >= 4 is 26.5 Å². The second-order valence-corrected chi connectivity index (χ2v) is 12.4. The van der Waals surface area contributed by atoms with Gasteiger partial charge in [-0.2, -0.15) is 0 Å². The van der Waals surface area contributed by atoms with E-state index in [-0.39, 0.29) is 24.5 Å². The molecule has 2 aliphatic heterocycles. The molecule has 0 amide bonds. The molecular weight excluding hydrogens is 592 g/mol. The highest BCUT2D eigenvalue weighted by molar-refractivity contribution is 7.89. The predicted molar refractivity (Wildman–Crippen MR) is 150 cm³/mol. The van der Waals surface area contributed by atoms with Crippen molar-refractivity contribution in [1.82, 2.24) is 4.72 Å². The average Bonchev–Trinajstić information content (AvgIpc) is 2.99. The van der Waals surface area contributed by atoms with Crippen molar-refractivity contribution in [2.24, 2.45) is 0 Å². The Morgan fingerprint density at radius 1 is 0.814 bits per heavy atom. The van der Waals surface area contributed by atoms with Crippen molar-refractivity contribution in [2.45, 2.75) is 72.7 Å². The van der Waals surface area contributed by atoms with Crippen molar-refractivity contribution in [2.75, 3.05) is 45.4 Å². The van der Waals surface area contributed by atoms with Crippen LogP contribution in [0.1, 0.15) is 6.42 Å². The van der Waals surface area contributed by atoms with E-state index in [1.54, 1.807) is 18.2 Å². The van der Waals surface area contributed by atoms with Crippen LogP contribution >= 0.6 is 0 Å². The fraction of sp³-hybridized carbons (Fsp3) is 0.630. The summed E-state index contributed by atoms with van der Waals surface area (Å²) in [6.07, 6.45) is -15.4. The Kier molecular flexibility index (Phi) is 11.3. The van der Waals surface area contributed by atoms with E-state index in [1.165, 1.54) is 6.07 Å². The van der Waals surface area contributed by atoms with Crippen LogP contribution < -0.4 is 9.62 Å². The number of aliphatic hydroxyl groups excluding tert-OH is 7. The van der Waals surface area contributed by atoms with Crippen molar-refractivity contribution in [3.63, 3.8) is 0 Å². The zero-order valence-corrected chi connectivity index (χ0v) is 24.5. The summed E-state index contributed by atoms with van der Waals surface area (Å²) >= 11 is 0. The monoisotopic (exact) mass is 632 g/mol.